The van der Waals surface area contributed by atoms with E-state index in [2.05, 4.69) is 0 Å². The van der Waals surface area contributed by atoms with Crippen molar-refractivity contribution in [1.82, 2.24) is 0 Å². The number of hydrogen-bond donors (Lipinski definition) is 1. The summed E-state index contributed by atoms with van der Waals surface area (Å²) < 4.78 is 40.3. The Balaban J connectivity index is 3.48. The largest absolute Gasteiger partial charge is 0.389 e. The number of hydrogen-bond acceptors (Lipinski definition) is 2. The maximum Gasteiger partial charge on any atom is 0.389 e. The molecule has 0 saturated heterocycles. The van der Waals surface area contributed by atoms with Crippen LogP contribution < -0.4 is 5.73 Å². The van der Waals surface area contributed by atoms with Crippen molar-refractivity contribution in [3.05, 3.63) is 0 Å². The van der Waals surface area contributed by atoms with Crippen LogP contribution in [0.2, 0.25) is 0 Å². The fraction of sp³-hybridized carbons (Fsp3) is 1.00. The second-order valence-electron chi connectivity index (χ2n) is 4.77. The first kappa shape index (κ1) is 14.7. The van der Waals surface area contributed by atoms with Gasteiger partial charge in [-0.1, -0.05) is 20.8 Å². The lowest BCUT2D eigenvalue weighted by Crippen LogP contribution is -2.39. The van der Waals surface area contributed by atoms with Gasteiger partial charge in [-0.25, -0.2) is 0 Å². The van der Waals surface area contributed by atoms with E-state index in [-0.39, 0.29) is 24.5 Å². The van der Waals surface area contributed by atoms with Gasteiger partial charge in [0.1, 0.15) is 0 Å². The fourth-order valence-corrected chi connectivity index (χ4v) is 0.835. The standard InChI is InChI=1S/C10H20F3NO/c1-9(2,3)8(14)7-15-6-4-5-10(11,12)13/h8H,4-7,14H2,1-3H3. The molecule has 0 bridgehead atoms. The molecule has 0 rings (SSSR count). The predicted octanol–water partition coefficient (Wildman–Crippen LogP) is 2.72. The van der Waals surface area contributed by atoms with Crippen LogP contribution in [0.25, 0.3) is 0 Å². The second kappa shape index (κ2) is 5.70. The molecule has 1 atom stereocenters. The SMILES string of the molecule is CC(C)(C)C(N)COCCCC(F)(F)F. The lowest BCUT2D eigenvalue weighted by atomic mass is 9.88. The maximum atomic E-state index is 11.8. The Hall–Kier alpha value is -0.290. The van der Waals surface area contributed by atoms with Gasteiger partial charge in [0.05, 0.1) is 6.61 Å². The van der Waals surface area contributed by atoms with Crippen LogP contribution in [0.3, 0.4) is 0 Å². The minimum Gasteiger partial charge on any atom is -0.380 e. The van der Waals surface area contributed by atoms with Gasteiger partial charge in [-0.15, -0.1) is 0 Å². The van der Waals surface area contributed by atoms with Gasteiger partial charge in [-0.05, 0) is 11.8 Å². The van der Waals surface area contributed by atoms with E-state index in [1.807, 2.05) is 20.8 Å². The zero-order valence-electron chi connectivity index (χ0n) is 9.53. The number of halogens is 3. The van der Waals surface area contributed by atoms with Crippen LogP contribution >= 0.6 is 0 Å². The quantitative estimate of drug-likeness (QED) is 0.733. The Kier molecular flexibility index (Phi) is 5.59. The van der Waals surface area contributed by atoms with E-state index < -0.39 is 12.6 Å². The molecule has 0 heterocycles. The molecule has 92 valence electrons. The molecule has 1 unspecified atom stereocenters. The molecule has 0 aliphatic heterocycles. The first-order valence-electron chi connectivity index (χ1n) is 5.03. The molecule has 15 heavy (non-hydrogen) atoms. The Morgan fingerprint density at radius 1 is 1.20 bits per heavy atom. The van der Waals surface area contributed by atoms with E-state index in [1.165, 1.54) is 0 Å². The van der Waals surface area contributed by atoms with Crippen molar-refractivity contribution in [2.75, 3.05) is 13.2 Å². The molecule has 0 spiro atoms. The number of ether oxygens (including phenoxy) is 1. The molecule has 2 nitrogen and oxygen atoms in total. The van der Waals surface area contributed by atoms with Crippen LogP contribution in [-0.2, 0) is 4.74 Å². The van der Waals surface area contributed by atoms with Crippen molar-refractivity contribution in [3.8, 4) is 0 Å². The predicted molar refractivity (Wildman–Crippen MR) is 53.5 cm³/mol. The number of nitrogens with two attached hydrogens (primary N) is 1. The topological polar surface area (TPSA) is 35.2 Å². The van der Waals surface area contributed by atoms with Crippen molar-refractivity contribution in [2.45, 2.75) is 45.8 Å². The lowest BCUT2D eigenvalue weighted by molar-refractivity contribution is -0.138. The van der Waals surface area contributed by atoms with E-state index in [0.29, 0.717) is 6.61 Å². The Bertz CT molecular complexity index is 174. The monoisotopic (exact) mass is 227 g/mol. The first-order chi connectivity index (χ1) is 6.63. The smallest absolute Gasteiger partial charge is 0.380 e. The summed E-state index contributed by atoms with van der Waals surface area (Å²) in [6, 6.07) is -0.150. The van der Waals surface area contributed by atoms with Crippen LogP contribution in [0, 0.1) is 5.41 Å². The van der Waals surface area contributed by atoms with Gasteiger partial charge < -0.3 is 10.5 Å². The Morgan fingerprint density at radius 2 is 1.73 bits per heavy atom. The van der Waals surface area contributed by atoms with Crippen molar-refractivity contribution in [1.29, 1.82) is 0 Å². The van der Waals surface area contributed by atoms with E-state index in [9.17, 15) is 13.2 Å². The highest BCUT2D eigenvalue weighted by molar-refractivity contribution is 4.76. The molecule has 5 heteroatoms. The highest BCUT2D eigenvalue weighted by Gasteiger charge is 2.26. The molecule has 0 aromatic heterocycles. The highest BCUT2D eigenvalue weighted by Crippen LogP contribution is 2.21. The van der Waals surface area contributed by atoms with Gasteiger partial charge in [0.25, 0.3) is 0 Å². The van der Waals surface area contributed by atoms with Crippen LogP contribution in [-0.4, -0.2) is 25.4 Å². The molecule has 2 N–H and O–H groups in total. The third-order valence-electron chi connectivity index (χ3n) is 2.16. The van der Waals surface area contributed by atoms with Crippen LogP contribution in [0.1, 0.15) is 33.6 Å². The molecule has 0 aliphatic carbocycles. The molecule has 0 aromatic carbocycles. The zero-order chi connectivity index (χ0) is 12.1. The van der Waals surface area contributed by atoms with E-state index in [4.69, 9.17) is 10.5 Å². The zero-order valence-corrected chi connectivity index (χ0v) is 9.53. The summed E-state index contributed by atoms with van der Waals surface area (Å²) in [5.74, 6) is 0. The van der Waals surface area contributed by atoms with Crippen molar-refractivity contribution >= 4 is 0 Å². The average molecular weight is 227 g/mol. The summed E-state index contributed by atoms with van der Waals surface area (Å²) in [6.45, 7) is 6.33. The molecule has 0 aromatic rings. The molecule has 0 fully saturated rings. The summed E-state index contributed by atoms with van der Waals surface area (Å²) in [6.07, 6.45) is -4.88. The van der Waals surface area contributed by atoms with Gasteiger partial charge in [0.15, 0.2) is 0 Å². The summed E-state index contributed by atoms with van der Waals surface area (Å²) >= 11 is 0. The average Bonchev–Trinajstić information content (AvgIpc) is 1.99. The summed E-state index contributed by atoms with van der Waals surface area (Å²) in [4.78, 5) is 0. The molecular formula is C10H20F3NO. The van der Waals surface area contributed by atoms with E-state index >= 15 is 0 Å². The molecule has 0 aliphatic rings. The normalized spacial score (nSPS) is 15.4. The Labute approximate surface area is 89.0 Å². The minimum absolute atomic E-state index is 0.000360. The van der Waals surface area contributed by atoms with Gasteiger partial charge in [0.2, 0.25) is 0 Å². The minimum atomic E-state index is -4.09. The second-order valence-corrected chi connectivity index (χ2v) is 4.77. The Morgan fingerprint density at radius 3 is 2.13 bits per heavy atom. The molecule has 0 saturated carbocycles. The summed E-state index contributed by atoms with van der Waals surface area (Å²) in [5, 5.41) is 0. The number of alkyl halides is 3. The third-order valence-corrected chi connectivity index (χ3v) is 2.16. The lowest BCUT2D eigenvalue weighted by Gasteiger charge is -2.26. The van der Waals surface area contributed by atoms with Gasteiger partial charge >= 0.3 is 6.18 Å². The van der Waals surface area contributed by atoms with Crippen LogP contribution in [0.15, 0.2) is 0 Å². The van der Waals surface area contributed by atoms with E-state index in [0.717, 1.165) is 0 Å². The van der Waals surface area contributed by atoms with Gasteiger partial charge in [0, 0.05) is 19.1 Å². The molecule has 0 amide bonds. The maximum absolute atomic E-state index is 11.8. The van der Waals surface area contributed by atoms with Crippen LogP contribution in [0.4, 0.5) is 13.2 Å². The summed E-state index contributed by atoms with van der Waals surface area (Å²) in [5.41, 5.74) is 5.69. The molecule has 0 radical (unpaired) electrons. The van der Waals surface area contributed by atoms with Crippen LogP contribution in [0.5, 0.6) is 0 Å². The third kappa shape index (κ3) is 8.69. The van der Waals surface area contributed by atoms with Crippen molar-refractivity contribution in [2.24, 2.45) is 11.1 Å². The first-order valence-corrected chi connectivity index (χ1v) is 5.03. The van der Waals surface area contributed by atoms with Gasteiger partial charge in [-0.3, -0.25) is 0 Å². The highest BCUT2D eigenvalue weighted by atomic mass is 19.4. The van der Waals surface area contributed by atoms with E-state index in [1.54, 1.807) is 0 Å². The molecular weight excluding hydrogens is 207 g/mol. The van der Waals surface area contributed by atoms with Crippen molar-refractivity contribution in [3.63, 3.8) is 0 Å². The van der Waals surface area contributed by atoms with Crippen molar-refractivity contribution < 1.29 is 17.9 Å². The summed E-state index contributed by atoms with van der Waals surface area (Å²) in [7, 11) is 0. The number of rotatable bonds is 5. The van der Waals surface area contributed by atoms with Gasteiger partial charge in [-0.2, -0.15) is 13.2 Å². The fourth-order valence-electron chi connectivity index (χ4n) is 0.835.